The van der Waals surface area contributed by atoms with E-state index in [2.05, 4.69) is 48.6 Å². The second-order valence-corrected chi connectivity index (χ2v) is 18.1. The first kappa shape index (κ1) is 40.5. The highest BCUT2D eigenvalue weighted by Crippen LogP contribution is 2.46. The lowest BCUT2D eigenvalue weighted by Crippen LogP contribution is -2.54. The number of piperazine rings is 1. The molecule has 0 spiro atoms. The number of ether oxygens (including phenoxy) is 1. The van der Waals surface area contributed by atoms with Crippen molar-refractivity contribution in [3.05, 3.63) is 63.7 Å². The third-order valence-electron chi connectivity index (χ3n) is 13.5. The van der Waals surface area contributed by atoms with Crippen molar-refractivity contribution in [1.82, 2.24) is 34.5 Å². The van der Waals surface area contributed by atoms with Gasteiger partial charge >= 0.3 is 5.92 Å². The van der Waals surface area contributed by atoms with E-state index in [1.807, 2.05) is 29.9 Å². The van der Waals surface area contributed by atoms with Crippen molar-refractivity contribution in [1.29, 1.82) is 0 Å². The highest BCUT2D eigenvalue weighted by Gasteiger charge is 2.51. The zero-order valence-electron chi connectivity index (χ0n) is 35.0. The van der Waals surface area contributed by atoms with Gasteiger partial charge in [0, 0.05) is 82.3 Å². The summed E-state index contributed by atoms with van der Waals surface area (Å²) in [6.07, 6.45) is 5.75. The molecule has 5 aliphatic rings. The minimum Gasteiger partial charge on any atom is -0.480 e. The van der Waals surface area contributed by atoms with Crippen LogP contribution in [0.3, 0.4) is 0 Å². The number of imide groups is 1. The number of benzene rings is 2. The van der Waals surface area contributed by atoms with Gasteiger partial charge < -0.3 is 29.7 Å². The zero-order chi connectivity index (χ0) is 43.0. The summed E-state index contributed by atoms with van der Waals surface area (Å²) in [5.41, 5.74) is 3.84. The van der Waals surface area contributed by atoms with Crippen molar-refractivity contribution in [3.63, 3.8) is 0 Å². The van der Waals surface area contributed by atoms with Gasteiger partial charge in [0.2, 0.25) is 23.5 Å². The van der Waals surface area contributed by atoms with E-state index >= 15 is 8.78 Å². The molecule has 2 amide bonds. The minimum absolute atomic E-state index is 0.107. The fourth-order valence-corrected chi connectivity index (χ4v) is 10.1. The molecule has 2 aromatic carbocycles. The summed E-state index contributed by atoms with van der Waals surface area (Å²) in [4.78, 5) is 54.5. The number of amides is 2. The van der Waals surface area contributed by atoms with Gasteiger partial charge in [0.15, 0.2) is 12.4 Å². The molecule has 5 aromatic rings. The molecular formula is C44H50ClF2N11O4. The van der Waals surface area contributed by atoms with Crippen LogP contribution in [0, 0.1) is 11.8 Å². The molecule has 3 N–H and O–H groups in total. The van der Waals surface area contributed by atoms with Crippen molar-refractivity contribution >= 4 is 74.0 Å². The second kappa shape index (κ2) is 15.7. The number of hydrogen-bond donors (Lipinski definition) is 3. The van der Waals surface area contributed by atoms with Crippen LogP contribution in [-0.4, -0.2) is 105 Å². The van der Waals surface area contributed by atoms with Crippen LogP contribution in [0.1, 0.15) is 57.1 Å². The first-order valence-corrected chi connectivity index (χ1v) is 22.0. The molecule has 1 aliphatic carbocycles. The fraction of sp³-hybridized carbons (Fsp3) is 0.500. The molecule has 18 heteroatoms. The zero-order valence-corrected chi connectivity index (χ0v) is 35.7. The number of halogens is 3. The Morgan fingerprint density at radius 3 is 2.55 bits per heavy atom. The van der Waals surface area contributed by atoms with Crippen molar-refractivity contribution in [2.24, 2.45) is 25.9 Å². The summed E-state index contributed by atoms with van der Waals surface area (Å²) < 4.78 is 39.2. The van der Waals surface area contributed by atoms with Crippen LogP contribution in [0.5, 0.6) is 5.75 Å². The molecule has 1 saturated carbocycles. The molecule has 3 atom stereocenters. The Balaban J connectivity index is 0.788. The molecule has 7 heterocycles. The number of aromatic nitrogens is 5. The standard InChI is InChI=1S/C44H50ClF2N11O4/c1-24-21-58(33-6-4-5-28-35(53-55(3)37(28)33)29-10-12-34(59)50-41(29)60)18-17-57(24)22-25-13-15-56(16-14-25)43-48-20-31(45)40(52-43)49-27-9-11-32-30(19-27)36-38(42(61)54(32)2)62-23-44(46,47)39(51-36)26-7-8-26/h4-6,9,11,19-20,24-26,29,39,51H,7-8,10,12-18,21-23H2,1-3H3,(H,48,49,52)(H,50,59,60)/t24-,29?,39-/m0/s1. The molecule has 62 heavy (non-hydrogen) atoms. The van der Waals surface area contributed by atoms with Crippen LogP contribution in [0.2, 0.25) is 5.02 Å². The molecule has 1 unspecified atom stereocenters. The number of fused-ring (bicyclic) bond motifs is 4. The van der Waals surface area contributed by atoms with Gasteiger partial charge in [-0.2, -0.15) is 10.1 Å². The Morgan fingerprint density at radius 1 is 0.984 bits per heavy atom. The van der Waals surface area contributed by atoms with Crippen LogP contribution < -0.4 is 36.0 Å². The van der Waals surface area contributed by atoms with Gasteiger partial charge in [-0.1, -0.05) is 23.7 Å². The van der Waals surface area contributed by atoms with Gasteiger partial charge in [-0.25, -0.2) is 13.8 Å². The van der Waals surface area contributed by atoms with Crippen molar-refractivity contribution < 1.29 is 23.1 Å². The van der Waals surface area contributed by atoms with Gasteiger partial charge in [-0.15, -0.1) is 0 Å². The number of rotatable bonds is 8. The Hall–Kier alpha value is -5.55. The highest BCUT2D eigenvalue weighted by molar-refractivity contribution is 6.33. The molecule has 0 radical (unpaired) electrons. The van der Waals surface area contributed by atoms with E-state index in [4.69, 9.17) is 26.4 Å². The Kier molecular flexibility index (Phi) is 10.2. The maximum atomic E-state index is 15.2. The average molecular weight is 870 g/mol. The summed E-state index contributed by atoms with van der Waals surface area (Å²) in [6, 6.07) is 10.8. The maximum absolute atomic E-state index is 15.2. The Bertz CT molecular complexity index is 2660. The second-order valence-electron chi connectivity index (χ2n) is 17.7. The van der Waals surface area contributed by atoms with Crippen LogP contribution >= 0.6 is 11.6 Å². The lowest BCUT2D eigenvalue weighted by molar-refractivity contribution is -0.134. The molecule has 0 bridgehead atoms. The lowest BCUT2D eigenvalue weighted by atomic mass is 9.92. The highest BCUT2D eigenvalue weighted by atomic mass is 35.5. The normalized spacial score (nSPS) is 23.5. The topological polar surface area (TPSA) is 155 Å². The molecule has 3 aromatic heterocycles. The summed E-state index contributed by atoms with van der Waals surface area (Å²) >= 11 is 6.65. The van der Waals surface area contributed by atoms with Crippen LogP contribution in [0.25, 0.3) is 21.8 Å². The van der Waals surface area contributed by atoms with E-state index in [0.29, 0.717) is 71.0 Å². The number of piperidine rings is 2. The van der Waals surface area contributed by atoms with E-state index in [9.17, 15) is 14.4 Å². The first-order chi connectivity index (χ1) is 29.8. The van der Waals surface area contributed by atoms with E-state index in [1.165, 1.54) is 4.57 Å². The van der Waals surface area contributed by atoms with Crippen molar-refractivity contribution in [2.45, 2.75) is 69.4 Å². The van der Waals surface area contributed by atoms with Crippen molar-refractivity contribution in [2.75, 3.05) is 66.3 Å². The maximum Gasteiger partial charge on any atom is 0.301 e. The van der Waals surface area contributed by atoms with Gasteiger partial charge in [0.25, 0.3) is 5.56 Å². The Morgan fingerprint density at radius 2 is 1.79 bits per heavy atom. The number of nitrogens with one attached hydrogen (secondary N) is 3. The van der Waals surface area contributed by atoms with Crippen LogP contribution in [0.4, 0.5) is 37.6 Å². The number of carbonyl (C=O) groups excluding carboxylic acids is 2. The average Bonchev–Trinajstić information content (AvgIpc) is 4.06. The number of nitrogens with zero attached hydrogens (tertiary/aromatic N) is 8. The lowest BCUT2D eigenvalue weighted by Gasteiger charge is -2.43. The van der Waals surface area contributed by atoms with E-state index in [-0.39, 0.29) is 29.2 Å². The van der Waals surface area contributed by atoms with E-state index in [0.717, 1.165) is 74.4 Å². The number of hydrogen-bond acceptors (Lipinski definition) is 12. The number of alkyl halides is 2. The molecule has 4 fully saturated rings. The molecule has 10 rings (SSSR count). The first-order valence-electron chi connectivity index (χ1n) is 21.6. The van der Waals surface area contributed by atoms with Crippen molar-refractivity contribution in [3.8, 4) is 5.75 Å². The summed E-state index contributed by atoms with van der Waals surface area (Å²) in [5.74, 6) is -2.87. The largest absolute Gasteiger partial charge is 0.480 e. The van der Waals surface area contributed by atoms with Crippen LogP contribution in [0.15, 0.2) is 47.4 Å². The van der Waals surface area contributed by atoms with Crippen LogP contribution in [-0.2, 0) is 23.7 Å². The SMILES string of the molecule is C[C@H]1CN(c2cccc3c(C4CCC(=O)NC4=O)nn(C)c23)CCN1CC1CCN(c2ncc(Cl)c(Nc3ccc4c(c3)c3c(c(=O)n4C)OCC(F)(F)[C@H](C4CC4)N3)n2)CC1. The van der Waals surface area contributed by atoms with Gasteiger partial charge in [0.05, 0.1) is 46.3 Å². The molecule has 3 saturated heterocycles. The predicted octanol–water partition coefficient (Wildman–Crippen LogP) is 5.78. The monoisotopic (exact) mass is 869 g/mol. The summed E-state index contributed by atoms with van der Waals surface area (Å²) in [7, 11) is 3.53. The number of pyridine rings is 1. The number of para-hydroxylation sites is 1. The molecule has 4 aliphatic heterocycles. The number of carbonyl (C=O) groups is 2. The molecular weight excluding hydrogens is 820 g/mol. The number of anilines is 5. The third kappa shape index (κ3) is 7.35. The van der Waals surface area contributed by atoms with E-state index in [1.54, 1.807) is 25.4 Å². The third-order valence-corrected chi connectivity index (χ3v) is 13.8. The van der Waals surface area contributed by atoms with Gasteiger partial charge in [-0.3, -0.25) is 29.3 Å². The summed E-state index contributed by atoms with van der Waals surface area (Å²) in [6.45, 7) is 6.69. The number of aryl methyl sites for hydroxylation is 2. The predicted molar refractivity (Wildman–Crippen MR) is 234 cm³/mol. The van der Waals surface area contributed by atoms with E-state index < -0.39 is 30.0 Å². The fourth-order valence-electron chi connectivity index (χ4n) is 9.96. The summed E-state index contributed by atoms with van der Waals surface area (Å²) in [5, 5.41) is 15.5. The minimum atomic E-state index is -3.13. The smallest absolute Gasteiger partial charge is 0.301 e. The van der Waals surface area contributed by atoms with Gasteiger partial charge in [-0.05, 0) is 75.1 Å². The molecule has 326 valence electrons. The van der Waals surface area contributed by atoms with Gasteiger partial charge in [0.1, 0.15) is 5.02 Å². The Labute approximate surface area is 361 Å². The quantitative estimate of drug-likeness (QED) is 0.162. The molecule has 15 nitrogen and oxygen atoms in total.